The van der Waals surface area contributed by atoms with E-state index in [1.807, 2.05) is 18.2 Å². The molecule has 3 rings (SSSR count). The molecule has 0 spiro atoms. The van der Waals surface area contributed by atoms with Gasteiger partial charge in [0.15, 0.2) is 0 Å². The quantitative estimate of drug-likeness (QED) is 0.823. The highest BCUT2D eigenvalue weighted by Crippen LogP contribution is 2.36. The summed E-state index contributed by atoms with van der Waals surface area (Å²) in [5.74, 6) is 0.389. The minimum atomic E-state index is 0.143. The summed E-state index contributed by atoms with van der Waals surface area (Å²) in [6, 6.07) is 5.89. The number of fused-ring (bicyclic) bond motifs is 1. The zero-order valence-electron chi connectivity index (χ0n) is 9.21. The van der Waals surface area contributed by atoms with Gasteiger partial charge in [0, 0.05) is 31.1 Å². The van der Waals surface area contributed by atoms with Crippen LogP contribution in [-0.2, 0) is 0 Å². The van der Waals surface area contributed by atoms with Crippen LogP contribution in [0.2, 0.25) is 10.0 Å². The normalized spacial score (nSPS) is 27.3. The van der Waals surface area contributed by atoms with Crippen LogP contribution in [-0.4, -0.2) is 18.8 Å². The monoisotopic (exact) mass is 269 g/mol. The van der Waals surface area contributed by atoms with Crippen molar-refractivity contribution >= 4 is 28.9 Å². The van der Waals surface area contributed by atoms with Crippen molar-refractivity contribution in [3.8, 4) is 0 Å². The summed E-state index contributed by atoms with van der Waals surface area (Å²) >= 11 is 12.3. The molecule has 3 nitrogen and oxygen atoms in total. The standard InChI is InChI=1S/C12H13Cl2N3/c13-9-3-1-2-7(11(9)14)12-8-6-15-5-4-10(8)16-17-12/h1-3,8,12,15,17H,4-6H2. The molecule has 1 saturated heterocycles. The van der Waals surface area contributed by atoms with Crippen molar-refractivity contribution in [1.29, 1.82) is 0 Å². The van der Waals surface area contributed by atoms with Crippen molar-refractivity contribution in [1.82, 2.24) is 10.7 Å². The highest BCUT2D eigenvalue weighted by atomic mass is 35.5. The zero-order valence-corrected chi connectivity index (χ0v) is 10.7. The Morgan fingerprint density at radius 1 is 1.29 bits per heavy atom. The van der Waals surface area contributed by atoms with E-state index >= 15 is 0 Å². The molecule has 1 aromatic rings. The van der Waals surface area contributed by atoms with Gasteiger partial charge in [-0.1, -0.05) is 35.3 Å². The first-order valence-corrected chi connectivity index (χ1v) is 6.49. The molecule has 0 saturated carbocycles. The number of nitrogens with zero attached hydrogens (tertiary/aromatic N) is 1. The fourth-order valence-corrected chi connectivity index (χ4v) is 2.94. The maximum absolute atomic E-state index is 6.26. The van der Waals surface area contributed by atoms with Crippen LogP contribution in [0, 0.1) is 5.92 Å². The minimum Gasteiger partial charge on any atom is -0.316 e. The fraction of sp³-hybridized carbons (Fsp3) is 0.417. The van der Waals surface area contributed by atoms with Gasteiger partial charge in [-0.05, 0) is 11.6 Å². The SMILES string of the molecule is Clc1cccc(C2NN=C3CCNCC32)c1Cl. The van der Waals surface area contributed by atoms with Crippen LogP contribution in [0.15, 0.2) is 23.3 Å². The highest BCUT2D eigenvalue weighted by molar-refractivity contribution is 6.42. The molecule has 90 valence electrons. The first-order chi connectivity index (χ1) is 8.27. The summed E-state index contributed by atoms with van der Waals surface area (Å²) in [6.07, 6.45) is 1.01. The molecule has 0 aromatic heterocycles. The average molecular weight is 270 g/mol. The lowest BCUT2D eigenvalue weighted by atomic mass is 9.87. The van der Waals surface area contributed by atoms with E-state index in [-0.39, 0.29) is 6.04 Å². The molecule has 0 aliphatic carbocycles. The molecule has 2 atom stereocenters. The van der Waals surface area contributed by atoms with Gasteiger partial charge in [0.1, 0.15) is 0 Å². The number of benzene rings is 1. The number of piperidine rings is 1. The van der Waals surface area contributed by atoms with Crippen molar-refractivity contribution in [2.24, 2.45) is 11.0 Å². The molecule has 0 radical (unpaired) electrons. The van der Waals surface area contributed by atoms with E-state index in [9.17, 15) is 0 Å². The molecule has 1 fully saturated rings. The molecule has 2 unspecified atom stereocenters. The van der Waals surface area contributed by atoms with Crippen LogP contribution in [0.4, 0.5) is 0 Å². The lowest BCUT2D eigenvalue weighted by Gasteiger charge is -2.25. The van der Waals surface area contributed by atoms with Crippen LogP contribution in [0.3, 0.4) is 0 Å². The number of hydrogen-bond donors (Lipinski definition) is 2. The Bertz CT molecular complexity index is 473. The Labute approximate surface area is 110 Å². The summed E-state index contributed by atoms with van der Waals surface area (Å²) in [5, 5.41) is 9.04. The third-order valence-corrected chi connectivity index (χ3v) is 4.25. The van der Waals surface area contributed by atoms with Gasteiger partial charge in [0.25, 0.3) is 0 Å². The molecule has 0 bridgehead atoms. The van der Waals surface area contributed by atoms with Crippen molar-refractivity contribution < 1.29 is 0 Å². The summed E-state index contributed by atoms with van der Waals surface area (Å²) in [4.78, 5) is 0. The molecule has 2 N–H and O–H groups in total. The number of hydrogen-bond acceptors (Lipinski definition) is 3. The number of nitrogens with one attached hydrogen (secondary N) is 2. The Morgan fingerprint density at radius 3 is 3.06 bits per heavy atom. The largest absolute Gasteiger partial charge is 0.316 e. The Hall–Kier alpha value is -0.770. The maximum Gasteiger partial charge on any atom is 0.0797 e. The van der Waals surface area contributed by atoms with Gasteiger partial charge in [-0.15, -0.1) is 0 Å². The number of rotatable bonds is 1. The van der Waals surface area contributed by atoms with E-state index in [0.29, 0.717) is 16.0 Å². The molecule has 17 heavy (non-hydrogen) atoms. The summed E-state index contributed by atoms with van der Waals surface area (Å²) in [7, 11) is 0. The third kappa shape index (κ3) is 1.92. The van der Waals surface area contributed by atoms with E-state index in [4.69, 9.17) is 23.2 Å². The predicted octanol–water partition coefficient (Wildman–Crippen LogP) is 2.60. The zero-order chi connectivity index (χ0) is 11.8. The first kappa shape index (κ1) is 11.3. The van der Waals surface area contributed by atoms with E-state index in [1.165, 1.54) is 5.71 Å². The Morgan fingerprint density at radius 2 is 2.18 bits per heavy atom. The second kappa shape index (κ2) is 4.48. The molecular formula is C12H13Cl2N3. The Balaban J connectivity index is 1.93. The van der Waals surface area contributed by atoms with E-state index < -0.39 is 0 Å². The van der Waals surface area contributed by atoms with Crippen molar-refractivity contribution in [2.45, 2.75) is 12.5 Å². The van der Waals surface area contributed by atoms with E-state index in [1.54, 1.807) is 0 Å². The van der Waals surface area contributed by atoms with Gasteiger partial charge < -0.3 is 10.7 Å². The smallest absolute Gasteiger partial charge is 0.0797 e. The molecular weight excluding hydrogens is 257 g/mol. The number of hydrazone groups is 1. The molecule has 2 aliphatic rings. The summed E-state index contributed by atoms with van der Waals surface area (Å²) in [6.45, 7) is 1.95. The van der Waals surface area contributed by atoms with E-state index in [0.717, 1.165) is 25.1 Å². The van der Waals surface area contributed by atoms with Crippen molar-refractivity contribution in [3.63, 3.8) is 0 Å². The van der Waals surface area contributed by atoms with Crippen LogP contribution < -0.4 is 10.7 Å². The van der Waals surface area contributed by atoms with E-state index in [2.05, 4.69) is 15.8 Å². The van der Waals surface area contributed by atoms with Gasteiger partial charge >= 0.3 is 0 Å². The predicted molar refractivity (Wildman–Crippen MR) is 70.8 cm³/mol. The molecule has 2 heterocycles. The van der Waals surface area contributed by atoms with Gasteiger partial charge in [-0.25, -0.2) is 0 Å². The maximum atomic E-state index is 6.26. The first-order valence-electron chi connectivity index (χ1n) is 5.74. The van der Waals surface area contributed by atoms with Crippen LogP contribution in [0.1, 0.15) is 18.0 Å². The second-order valence-corrected chi connectivity index (χ2v) is 5.20. The van der Waals surface area contributed by atoms with Crippen molar-refractivity contribution in [2.75, 3.05) is 13.1 Å². The number of halogens is 2. The van der Waals surface area contributed by atoms with Gasteiger partial charge in [0.2, 0.25) is 0 Å². The molecule has 0 amide bonds. The van der Waals surface area contributed by atoms with Crippen LogP contribution in [0.25, 0.3) is 0 Å². The fourth-order valence-electron chi connectivity index (χ4n) is 2.52. The lowest BCUT2D eigenvalue weighted by molar-refractivity contribution is 0.451. The summed E-state index contributed by atoms with van der Waals surface area (Å²) in [5.41, 5.74) is 5.46. The highest BCUT2D eigenvalue weighted by Gasteiger charge is 2.35. The second-order valence-electron chi connectivity index (χ2n) is 4.41. The lowest BCUT2D eigenvalue weighted by Crippen LogP contribution is -2.38. The minimum absolute atomic E-state index is 0.143. The molecule has 2 aliphatic heterocycles. The molecule has 5 heteroatoms. The average Bonchev–Trinajstić information content (AvgIpc) is 2.77. The van der Waals surface area contributed by atoms with Crippen LogP contribution >= 0.6 is 23.2 Å². The van der Waals surface area contributed by atoms with Gasteiger partial charge in [-0.3, -0.25) is 0 Å². The summed E-state index contributed by atoms with van der Waals surface area (Å²) < 4.78 is 0. The van der Waals surface area contributed by atoms with Gasteiger partial charge in [0.05, 0.1) is 16.1 Å². The molecule has 1 aromatic carbocycles. The third-order valence-electron chi connectivity index (χ3n) is 3.42. The van der Waals surface area contributed by atoms with Crippen LogP contribution in [0.5, 0.6) is 0 Å². The Kier molecular flexibility index (Phi) is 2.99. The van der Waals surface area contributed by atoms with Gasteiger partial charge in [-0.2, -0.15) is 5.10 Å². The van der Waals surface area contributed by atoms with Crippen molar-refractivity contribution in [3.05, 3.63) is 33.8 Å². The topological polar surface area (TPSA) is 36.4 Å².